The molecule has 1 aliphatic heterocycles. The van der Waals surface area contributed by atoms with E-state index in [9.17, 15) is 19.3 Å². The molecule has 2 rings (SSSR count). The van der Waals surface area contributed by atoms with Gasteiger partial charge in [-0.2, -0.15) is 0 Å². The van der Waals surface area contributed by atoms with Gasteiger partial charge in [-0.3, -0.25) is 18.9 Å². The third kappa shape index (κ3) is 4.82. The van der Waals surface area contributed by atoms with Crippen molar-refractivity contribution in [3.05, 3.63) is 32.6 Å². The number of hydrogen-bond acceptors (Lipinski definition) is 8. The Balaban J connectivity index is 2.29. The van der Waals surface area contributed by atoms with Gasteiger partial charge in [-0.15, -0.1) is 0 Å². The Morgan fingerprint density at radius 3 is 2.46 bits per heavy atom. The Kier molecular flexibility index (Phi) is 7.78. The van der Waals surface area contributed by atoms with Crippen LogP contribution in [0.4, 0.5) is 0 Å². The fourth-order valence-electron chi connectivity index (χ4n) is 3.39. The summed E-state index contributed by atoms with van der Waals surface area (Å²) in [5.41, 5.74) is -0.841. The molecule has 1 fully saturated rings. The summed E-state index contributed by atoms with van der Waals surface area (Å²) in [6.45, 7) is 7.22. The van der Waals surface area contributed by atoms with Gasteiger partial charge in [0.1, 0.15) is 12.2 Å². The number of aryl methyl sites for hydroxylation is 1. The van der Waals surface area contributed by atoms with Crippen LogP contribution in [0.5, 0.6) is 0 Å². The number of aliphatic hydroxyl groups is 1. The topological polar surface area (TPSA) is 129 Å². The van der Waals surface area contributed by atoms with Crippen LogP contribution >= 0.6 is 7.60 Å². The standard InChI is InChI=1S/C17H29N2O8P/c1-6-25-28(23,26-7-2)9-11(4)13-12(20)14(24-5)16(27-13)19-8-10(3)15(21)18-17(19)22/h8,11-14,16,20H,6-7,9H2,1-5H3,(H,18,21,22)/t11-,12+,13+,14+,16+/m0/s1. The molecule has 0 amide bonds. The maximum atomic E-state index is 12.8. The van der Waals surface area contributed by atoms with E-state index in [1.807, 2.05) is 0 Å². The number of aromatic amines is 1. The molecule has 1 aliphatic rings. The summed E-state index contributed by atoms with van der Waals surface area (Å²) in [6, 6.07) is 0. The van der Waals surface area contributed by atoms with Crippen LogP contribution in [0.1, 0.15) is 32.6 Å². The van der Waals surface area contributed by atoms with Gasteiger partial charge in [0.2, 0.25) is 0 Å². The van der Waals surface area contributed by atoms with Gasteiger partial charge in [0.25, 0.3) is 5.56 Å². The summed E-state index contributed by atoms with van der Waals surface area (Å²) in [4.78, 5) is 26.1. The fourth-order valence-corrected chi connectivity index (χ4v) is 5.38. The highest BCUT2D eigenvalue weighted by molar-refractivity contribution is 7.53. The van der Waals surface area contributed by atoms with Crippen molar-refractivity contribution in [1.82, 2.24) is 9.55 Å². The molecule has 28 heavy (non-hydrogen) atoms. The highest BCUT2D eigenvalue weighted by Crippen LogP contribution is 2.51. The summed E-state index contributed by atoms with van der Waals surface area (Å²) in [7, 11) is -1.95. The molecular weight excluding hydrogens is 391 g/mol. The summed E-state index contributed by atoms with van der Waals surface area (Å²) >= 11 is 0. The molecule has 1 saturated heterocycles. The van der Waals surface area contributed by atoms with Crippen molar-refractivity contribution in [2.24, 2.45) is 5.92 Å². The minimum atomic E-state index is -3.35. The molecule has 160 valence electrons. The van der Waals surface area contributed by atoms with Crippen molar-refractivity contribution >= 4 is 7.60 Å². The number of H-pyrrole nitrogens is 1. The molecule has 0 radical (unpaired) electrons. The van der Waals surface area contributed by atoms with Crippen LogP contribution in [0.15, 0.2) is 15.8 Å². The smallest absolute Gasteiger partial charge is 0.331 e. The SMILES string of the molecule is CCOP(=O)(C[C@H](C)[C@H]1O[C@@H](n2cc(C)c(=O)[nH]c2=O)[C@H](OC)[C@@H]1O)OCC. The molecule has 1 aromatic rings. The molecule has 0 spiro atoms. The number of methoxy groups -OCH3 is 1. The molecule has 10 nitrogen and oxygen atoms in total. The molecule has 0 unspecified atom stereocenters. The normalized spacial score (nSPS) is 26.5. The Labute approximate surface area is 163 Å². The molecule has 0 bridgehead atoms. The zero-order valence-corrected chi connectivity index (χ0v) is 17.7. The van der Waals surface area contributed by atoms with E-state index >= 15 is 0 Å². The van der Waals surface area contributed by atoms with Crippen LogP contribution in [0, 0.1) is 12.8 Å². The monoisotopic (exact) mass is 420 g/mol. The molecule has 0 saturated carbocycles. The van der Waals surface area contributed by atoms with Crippen molar-refractivity contribution in [3.8, 4) is 0 Å². The molecule has 0 aliphatic carbocycles. The van der Waals surface area contributed by atoms with Crippen molar-refractivity contribution in [2.45, 2.75) is 52.2 Å². The number of nitrogens with zero attached hydrogens (tertiary/aromatic N) is 1. The number of ether oxygens (including phenoxy) is 2. The first kappa shape index (κ1) is 23.0. The maximum Gasteiger partial charge on any atom is 0.331 e. The molecular formula is C17H29N2O8P. The zero-order chi connectivity index (χ0) is 21.1. The molecule has 2 N–H and O–H groups in total. The Morgan fingerprint density at radius 1 is 1.32 bits per heavy atom. The average molecular weight is 420 g/mol. The van der Waals surface area contributed by atoms with Crippen molar-refractivity contribution in [2.75, 3.05) is 26.5 Å². The molecule has 0 aromatic carbocycles. The lowest BCUT2D eigenvalue weighted by molar-refractivity contribution is -0.0619. The van der Waals surface area contributed by atoms with Crippen LogP contribution in [0.25, 0.3) is 0 Å². The lowest BCUT2D eigenvalue weighted by Crippen LogP contribution is -2.40. The van der Waals surface area contributed by atoms with E-state index in [4.69, 9.17) is 18.5 Å². The quantitative estimate of drug-likeness (QED) is 0.567. The maximum absolute atomic E-state index is 12.8. The van der Waals surface area contributed by atoms with E-state index in [0.29, 0.717) is 5.56 Å². The number of aromatic nitrogens is 2. The van der Waals surface area contributed by atoms with Crippen LogP contribution in [-0.4, -0.2) is 59.5 Å². The van der Waals surface area contributed by atoms with Crippen LogP contribution in [0.2, 0.25) is 0 Å². The summed E-state index contributed by atoms with van der Waals surface area (Å²) in [5, 5.41) is 10.7. The molecule has 11 heteroatoms. The number of hydrogen-bond donors (Lipinski definition) is 2. The highest BCUT2D eigenvalue weighted by atomic mass is 31.2. The zero-order valence-electron chi connectivity index (χ0n) is 16.8. The third-order valence-electron chi connectivity index (χ3n) is 4.67. The predicted molar refractivity (Wildman–Crippen MR) is 102 cm³/mol. The van der Waals surface area contributed by atoms with Crippen molar-refractivity contribution < 1.29 is 28.2 Å². The first-order valence-electron chi connectivity index (χ1n) is 9.23. The fraction of sp³-hybridized carbons (Fsp3) is 0.765. The lowest BCUT2D eigenvalue weighted by Gasteiger charge is -2.26. The van der Waals surface area contributed by atoms with E-state index in [2.05, 4.69) is 4.98 Å². The second kappa shape index (κ2) is 9.47. The third-order valence-corrected chi connectivity index (χ3v) is 6.99. The molecule has 1 aromatic heterocycles. The van der Waals surface area contributed by atoms with Gasteiger partial charge >= 0.3 is 13.3 Å². The first-order valence-corrected chi connectivity index (χ1v) is 11.0. The van der Waals surface area contributed by atoms with E-state index in [-0.39, 0.29) is 19.4 Å². The summed E-state index contributed by atoms with van der Waals surface area (Å²) in [6.07, 6.45) is -2.26. The highest BCUT2D eigenvalue weighted by Gasteiger charge is 2.48. The average Bonchev–Trinajstić information content (AvgIpc) is 2.94. The van der Waals surface area contributed by atoms with E-state index in [1.54, 1.807) is 27.7 Å². The number of nitrogens with one attached hydrogen (secondary N) is 1. The van der Waals surface area contributed by atoms with Crippen LogP contribution < -0.4 is 11.2 Å². The Bertz CT molecular complexity index is 812. The molecule has 5 atom stereocenters. The number of aliphatic hydroxyl groups excluding tert-OH is 1. The summed E-state index contributed by atoms with van der Waals surface area (Å²) in [5.74, 6) is -0.416. The van der Waals surface area contributed by atoms with E-state index in [0.717, 1.165) is 0 Å². The predicted octanol–water partition coefficient (Wildman–Crippen LogP) is 1.02. The Morgan fingerprint density at radius 2 is 1.93 bits per heavy atom. The second-order valence-electron chi connectivity index (χ2n) is 6.77. The van der Waals surface area contributed by atoms with Gasteiger partial charge in [0, 0.05) is 18.9 Å². The van der Waals surface area contributed by atoms with Crippen LogP contribution in [-0.2, 0) is 23.1 Å². The minimum absolute atomic E-state index is 0.0408. The van der Waals surface area contributed by atoms with E-state index < -0.39 is 49.3 Å². The Hall–Kier alpha value is -1.29. The van der Waals surface area contributed by atoms with Gasteiger partial charge in [0.05, 0.1) is 25.5 Å². The number of rotatable bonds is 9. The van der Waals surface area contributed by atoms with Gasteiger partial charge < -0.3 is 23.6 Å². The van der Waals surface area contributed by atoms with E-state index in [1.165, 1.54) is 17.9 Å². The molecule has 2 heterocycles. The van der Waals surface area contributed by atoms with Crippen LogP contribution in [0.3, 0.4) is 0 Å². The summed E-state index contributed by atoms with van der Waals surface area (Å²) < 4.78 is 35.9. The van der Waals surface area contributed by atoms with Crippen molar-refractivity contribution in [3.63, 3.8) is 0 Å². The van der Waals surface area contributed by atoms with Crippen molar-refractivity contribution in [1.29, 1.82) is 0 Å². The second-order valence-corrected chi connectivity index (χ2v) is 8.87. The largest absolute Gasteiger partial charge is 0.387 e. The van der Waals surface area contributed by atoms with Gasteiger partial charge in [-0.25, -0.2) is 4.79 Å². The van der Waals surface area contributed by atoms with Gasteiger partial charge in [-0.05, 0) is 26.7 Å². The first-order chi connectivity index (χ1) is 13.2. The lowest BCUT2D eigenvalue weighted by atomic mass is 10.00. The minimum Gasteiger partial charge on any atom is -0.387 e. The van der Waals surface area contributed by atoms with Gasteiger partial charge in [0.15, 0.2) is 6.23 Å². The van der Waals surface area contributed by atoms with Gasteiger partial charge in [-0.1, -0.05) is 6.92 Å².